The molecule has 0 aliphatic carbocycles. The highest BCUT2D eigenvalue weighted by Gasteiger charge is 2.44. The highest BCUT2D eigenvalue weighted by atomic mass is 16.6. The summed E-state index contributed by atoms with van der Waals surface area (Å²) in [7, 11) is 0. The Morgan fingerprint density at radius 3 is 2.56 bits per heavy atom. The first-order valence-electron chi connectivity index (χ1n) is 11.4. The van der Waals surface area contributed by atoms with Crippen LogP contribution in [0.3, 0.4) is 0 Å². The molecule has 0 radical (unpaired) electrons. The summed E-state index contributed by atoms with van der Waals surface area (Å²) in [4.78, 5) is 46.2. The van der Waals surface area contributed by atoms with Gasteiger partial charge in [0.1, 0.15) is 12.8 Å². The van der Waals surface area contributed by atoms with Crippen LogP contribution >= 0.6 is 0 Å². The van der Waals surface area contributed by atoms with Crippen LogP contribution in [0.25, 0.3) is 11.2 Å². The number of nitrogens with zero attached hydrogens (tertiary/aromatic N) is 3. The molecule has 2 rings (SSSR count). The van der Waals surface area contributed by atoms with Crippen molar-refractivity contribution in [2.24, 2.45) is 11.8 Å². The van der Waals surface area contributed by atoms with E-state index in [9.17, 15) is 24.6 Å². The number of nitrogens with two attached hydrogens (primary N) is 1. The Balaban J connectivity index is 2.11. The van der Waals surface area contributed by atoms with Gasteiger partial charge in [0, 0.05) is 5.92 Å². The zero-order valence-electron chi connectivity index (χ0n) is 20.0. The molecule has 190 valence electrons. The van der Waals surface area contributed by atoms with Crippen LogP contribution in [0.2, 0.25) is 0 Å². The fraction of sp³-hybridized carbons (Fsp3) is 0.667. The third kappa shape index (κ3) is 6.10. The van der Waals surface area contributed by atoms with Gasteiger partial charge in [-0.05, 0) is 31.8 Å². The largest absolute Gasteiger partial charge is 0.480 e. The van der Waals surface area contributed by atoms with Crippen LogP contribution < -0.4 is 21.9 Å². The summed E-state index contributed by atoms with van der Waals surface area (Å²) in [6.07, 6.45) is 3.06. The lowest BCUT2D eigenvalue weighted by atomic mass is 9.94. The smallest absolute Gasteiger partial charge is 0.351 e. The van der Waals surface area contributed by atoms with E-state index in [1.54, 1.807) is 6.92 Å². The molecule has 13 nitrogen and oxygen atoms in total. The lowest BCUT2D eigenvalue weighted by Crippen LogP contribution is -2.59. The molecule has 34 heavy (non-hydrogen) atoms. The normalized spacial score (nSPS) is 16.1. The van der Waals surface area contributed by atoms with E-state index < -0.39 is 35.2 Å². The zero-order chi connectivity index (χ0) is 25.5. The number of nitrogen functional groups attached to an aromatic ring is 1. The first-order valence-corrected chi connectivity index (χ1v) is 11.4. The molecule has 0 spiro atoms. The third-order valence-corrected chi connectivity index (χ3v) is 6.13. The van der Waals surface area contributed by atoms with E-state index in [0.717, 1.165) is 6.42 Å². The van der Waals surface area contributed by atoms with Crippen molar-refractivity contribution >= 4 is 29.1 Å². The van der Waals surface area contributed by atoms with Crippen molar-refractivity contribution in [1.82, 2.24) is 30.2 Å². The summed E-state index contributed by atoms with van der Waals surface area (Å²) < 4.78 is 7.31. The molecule has 0 saturated carbocycles. The van der Waals surface area contributed by atoms with E-state index in [0.29, 0.717) is 19.4 Å². The Morgan fingerprint density at radius 1 is 1.26 bits per heavy atom. The van der Waals surface area contributed by atoms with Gasteiger partial charge in [-0.2, -0.15) is 4.98 Å². The number of ether oxygens (including phenoxy) is 1. The van der Waals surface area contributed by atoms with Crippen LogP contribution in [-0.2, 0) is 21.1 Å². The van der Waals surface area contributed by atoms with Crippen LogP contribution in [0.1, 0.15) is 47.0 Å². The fourth-order valence-corrected chi connectivity index (χ4v) is 3.63. The molecule has 0 aliphatic rings. The molecular formula is C21H35N7O6. The van der Waals surface area contributed by atoms with Crippen molar-refractivity contribution in [2.45, 2.75) is 65.5 Å². The number of aliphatic carboxylic acids is 2. The first kappa shape index (κ1) is 27.2. The molecule has 7 N–H and O–H groups in total. The van der Waals surface area contributed by atoms with Gasteiger partial charge < -0.3 is 26.0 Å². The molecule has 2 aromatic heterocycles. The summed E-state index contributed by atoms with van der Waals surface area (Å²) in [6.45, 7) is 7.84. The Morgan fingerprint density at radius 2 is 1.97 bits per heavy atom. The van der Waals surface area contributed by atoms with Crippen molar-refractivity contribution in [1.29, 1.82) is 0 Å². The number of nitrogens with one attached hydrogen (secondary N) is 3. The van der Waals surface area contributed by atoms with Gasteiger partial charge in [0.25, 0.3) is 5.56 Å². The molecule has 2 heterocycles. The molecule has 13 heteroatoms. The van der Waals surface area contributed by atoms with E-state index in [1.807, 2.05) is 20.8 Å². The number of aromatic amines is 1. The summed E-state index contributed by atoms with van der Waals surface area (Å²) in [5, 5.41) is 25.5. The summed E-state index contributed by atoms with van der Waals surface area (Å²) in [5.41, 5.74) is 3.64. The van der Waals surface area contributed by atoms with E-state index in [2.05, 4.69) is 25.6 Å². The second-order valence-corrected chi connectivity index (χ2v) is 8.40. The predicted molar refractivity (Wildman–Crippen MR) is 125 cm³/mol. The topological polar surface area (TPSA) is 197 Å². The van der Waals surface area contributed by atoms with Crippen molar-refractivity contribution in [2.75, 3.05) is 18.8 Å². The number of carboxylic acid groups (broad SMARTS) is 2. The number of H-pyrrole nitrogens is 1. The number of fused-ring (bicyclic) bond motifs is 1. The summed E-state index contributed by atoms with van der Waals surface area (Å²) in [5.74, 6) is -2.64. The van der Waals surface area contributed by atoms with Crippen LogP contribution in [0.15, 0.2) is 11.1 Å². The number of rotatable bonds is 15. The quantitative estimate of drug-likeness (QED) is 0.154. The van der Waals surface area contributed by atoms with Gasteiger partial charge in [0.15, 0.2) is 11.2 Å². The van der Waals surface area contributed by atoms with Crippen molar-refractivity contribution in [3.8, 4) is 0 Å². The van der Waals surface area contributed by atoms with Gasteiger partial charge in [-0.1, -0.05) is 34.1 Å². The minimum Gasteiger partial charge on any atom is -0.480 e. The van der Waals surface area contributed by atoms with Crippen LogP contribution in [0, 0.1) is 11.8 Å². The SMILES string of the molecule is CC[C@H](C)[C@H](NCCCN[C@](OCn1cnc2c(=O)[nH]c(N)nc21)(C(=O)O)[C@@H](C)CC)C(=O)O. The maximum Gasteiger partial charge on any atom is 0.351 e. The maximum absolute atomic E-state index is 12.3. The van der Waals surface area contributed by atoms with E-state index in [4.69, 9.17) is 10.5 Å². The number of anilines is 1. The molecule has 0 aliphatic heterocycles. The Bertz CT molecular complexity index is 1040. The number of hydrogen-bond acceptors (Lipinski definition) is 9. The number of hydrogen-bond donors (Lipinski definition) is 6. The van der Waals surface area contributed by atoms with Gasteiger partial charge in [-0.3, -0.25) is 24.5 Å². The van der Waals surface area contributed by atoms with Gasteiger partial charge in [-0.25, -0.2) is 9.78 Å². The Hall–Kier alpha value is -3.03. The summed E-state index contributed by atoms with van der Waals surface area (Å²) >= 11 is 0. The molecule has 4 atom stereocenters. The second-order valence-electron chi connectivity index (χ2n) is 8.40. The molecular weight excluding hydrogens is 446 g/mol. The van der Waals surface area contributed by atoms with Crippen molar-refractivity contribution in [3.05, 3.63) is 16.7 Å². The zero-order valence-corrected chi connectivity index (χ0v) is 20.0. The Labute approximate surface area is 197 Å². The standard InChI is InChI=1S/C21H35N7O6/c1-5-12(3)14(18(30)31)23-8-7-9-25-21(19(32)33,13(4)6-2)34-11-28-10-24-15-16(28)26-20(22)27-17(15)29/h10,12-14,23,25H,5-9,11H2,1-4H3,(H,30,31)(H,32,33)(H3,22,26,27,29)/t12-,13-,14-,21+/m0/s1. The van der Waals surface area contributed by atoms with Gasteiger partial charge in [0.2, 0.25) is 11.7 Å². The molecule has 0 aromatic carbocycles. The van der Waals surface area contributed by atoms with E-state index >= 15 is 0 Å². The molecule has 2 aromatic rings. The van der Waals surface area contributed by atoms with Crippen molar-refractivity contribution < 1.29 is 24.5 Å². The molecule has 0 amide bonds. The minimum absolute atomic E-state index is 0.0353. The van der Waals surface area contributed by atoms with E-state index in [-0.39, 0.29) is 36.3 Å². The fourth-order valence-electron chi connectivity index (χ4n) is 3.63. The number of aromatic nitrogens is 4. The molecule has 0 saturated heterocycles. The van der Waals surface area contributed by atoms with Gasteiger partial charge in [0.05, 0.1) is 6.33 Å². The van der Waals surface area contributed by atoms with E-state index in [1.165, 1.54) is 10.9 Å². The lowest BCUT2D eigenvalue weighted by Gasteiger charge is -2.35. The average molecular weight is 482 g/mol. The number of carboxylic acids is 2. The number of carbonyl (C=O) groups is 2. The van der Waals surface area contributed by atoms with Crippen LogP contribution in [-0.4, -0.2) is 66.5 Å². The summed E-state index contributed by atoms with van der Waals surface area (Å²) in [6, 6.07) is -0.669. The van der Waals surface area contributed by atoms with Crippen LogP contribution in [0.5, 0.6) is 0 Å². The lowest BCUT2D eigenvalue weighted by molar-refractivity contribution is -0.189. The first-order chi connectivity index (χ1) is 16.1. The highest BCUT2D eigenvalue weighted by Crippen LogP contribution is 2.24. The predicted octanol–water partition coefficient (Wildman–Crippen LogP) is 0.572. The third-order valence-electron chi connectivity index (χ3n) is 6.13. The second kappa shape index (κ2) is 11.9. The molecule has 0 unspecified atom stereocenters. The minimum atomic E-state index is -1.72. The number of imidazole rings is 1. The van der Waals surface area contributed by atoms with Crippen LogP contribution in [0.4, 0.5) is 5.95 Å². The Kier molecular flexibility index (Phi) is 9.53. The maximum atomic E-state index is 12.3. The van der Waals surface area contributed by atoms with Crippen molar-refractivity contribution in [3.63, 3.8) is 0 Å². The average Bonchev–Trinajstić information content (AvgIpc) is 3.19. The van der Waals surface area contributed by atoms with Gasteiger partial charge >= 0.3 is 11.9 Å². The van der Waals surface area contributed by atoms with Gasteiger partial charge in [-0.15, -0.1) is 0 Å². The monoisotopic (exact) mass is 481 g/mol. The highest BCUT2D eigenvalue weighted by molar-refractivity contribution is 5.77. The molecule has 0 fully saturated rings. The molecule has 0 bridgehead atoms.